The molecule has 1 aromatic rings. The van der Waals surface area contributed by atoms with Crippen LogP contribution in [0.3, 0.4) is 0 Å². The van der Waals surface area contributed by atoms with Crippen LogP contribution in [0.15, 0.2) is 24.3 Å². The van der Waals surface area contributed by atoms with Gasteiger partial charge >= 0.3 is 6.36 Å². The van der Waals surface area contributed by atoms with Gasteiger partial charge in [-0.15, -0.1) is 13.2 Å². The van der Waals surface area contributed by atoms with Crippen LogP contribution in [-0.2, 0) is 10.2 Å². The minimum Gasteiger partial charge on any atom is -0.336 e. The summed E-state index contributed by atoms with van der Waals surface area (Å²) in [6.07, 6.45) is -5.44. The standard InChI is InChI=1S/C16H20F3NO2/c1-15(2,3)12-6-4-5-11(9-12)14(21)20-8-7-13(10-20)22-16(17,18)19/h4-6,9,13H,7-8,10H2,1-3H3. The summed E-state index contributed by atoms with van der Waals surface area (Å²) < 4.78 is 40.7. The summed E-state index contributed by atoms with van der Waals surface area (Å²) in [5.41, 5.74) is 1.42. The maximum absolute atomic E-state index is 12.4. The molecule has 3 nitrogen and oxygen atoms in total. The van der Waals surface area contributed by atoms with E-state index < -0.39 is 12.5 Å². The van der Waals surface area contributed by atoms with Crippen molar-refractivity contribution in [3.63, 3.8) is 0 Å². The maximum Gasteiger partial charge on any atom is 0.522 e. The Morgan fingerprint density at radius 1 is 1.27 bits per heavy atom. The quantitative estimate of drug-likeness (QED) is 0.832. The topological polar surface area (TPSA) is 29.5 Å². The average Bonchev–Trinajstić information content (AvgIpc) is 2.83. The lowest BCUT2D eigenvalue weighted by molar-refractivity contribution is -0.340. The summed E-state index contributed by atoms with van der Waals surface area (Å²) in [4.78, 5) is 13.8. The molecular weight excluding hydrogens is 295 g/mol. The number of hydrogen-bond acceptors (Lipinski definition) is 2. The zero-order chi connectivity index (χ0) is 16.5. The van der Waals surface area contributed by atoms with Crippen molar-refractivity contribution < 1.29 is 22.7 Å². The second-order valence-corrected chi connectivity index (χ2v) is 6.56. The van der Waals surface area contributed by atoms with Gasteiger partial charge in [-0.05, 0) is 29.5 Å². The third-order valence-corrected chi connectivity index (χ3v) is 3.71. The molecule has 1 unspecified atom stereocenters. The van der Waals surface area contributed by atoms with Crippen molar-refractivity contribution in [2.75, 3.05) is 13.1 Å². The summed E-state index contributed by atoms with van der Waals surface area (Å²) >= 11 is 0. The van der Waals surface area contributed by atoms with Crippen LogP contribution in [0.1, 0.15) is 43.1 Å². The highest BCUT2D eigenvalue weighted by atomic mass is 19.4. The fourth-order valence-corrected chi connectivity index (χ4v) is 2.50. The summed E-state index contributed by atoms with van der Waals surface area (Å²) in [6.45, 7) is 6.37. The zero-order valence-corrected chi connectivity index (χ0v) is 12.9. The second kappa shape index (κ2) is 5.91. The number of ether oxygens (including phenoxy) is 1. The number of alkyl halides is 3. The summed E-state index contributed by atoms with van der Waals surface area (Å²) in [6, 6.07) is 7.24. The number of carbonyl (C=O) groups is 1. The molecule has 2 rings (SSSR count). The number of rotatable bonds is 2. The van der Waals surface area contributed by atoms with Gasteiger partial charge in [0.2, 0.25) is 0 Å². The first kappa shape index (κ1) is 16.8. The van der Waals surface area contributed by atoms with Gasteiger partial charge in [0.1, 0.15) is 0 Å². The molecule has 0 saturated carbocycles. The van der Waals surface area contributed by atoms with Crippen molar-refractivity contribution in [2.45, 2.75) is 45.1 Å². The van der Waals surface area contributed by atoms with E-state index >= 15 is 0 Å². The third-order valence-electron chi connectivity index (χ3n) is 3.71. The van der Waals surface area contributed by atoms with Crippen LogP contribution in [0.25, 0.3) is 0 Å². The predicted molar refractivity (Wildman–Crippen MR) is 76.6 cm³/mol. The lowest BCUT2D eigenvalue weighted by Crippen LogP contribution is -2.32. The zero-order valence-electron chi connectivity index (χ0n) is 12.9. The fraction of sp³-hybridized carbons (Fsp3) is 0.562. The minimum atomic E-state index is -4.66. The predicted octanol–water partition coefficient (Wildman–Crippen LogP) is 3.74. The van der Waals surface area contributed by atoms with Gasteiger partial charge in [-0.1, -0.05) is 32.9 Å². The van der Waals surface area contributed by atoms with E-state index in [1.165, 1.54) is 4.90 Å². The lowest BCUT2D eigenvalue weighted by Gasteiger charge is -2.21. The SMILES string of the molecule is CC(C)(C)c1cccc(C(=O)N2CCC(OC(F)(F)F)C2)c1. The van der Waals surface area contributed by atoms with E-state index in [-0.39, 0.29) is 30.8 Å². The first-order valence-electron chi connectivity index (χ1n) is 7.20. The van der Waals surface area contributed by atoms with Gasteiger partial charge in [-0.2, -0.15) is 0 Å². The Kier molecular flexibility index (Phi) is 4.52. The highest BCUT2D eigenvalue weighted by molar-refractivity contribution is 5.94. The molecule has 1 aliphatic heterocycles. The molecule has 122 valence electrons. The third kappa shape index (κ3) is 4.22. The molecule has 1 heterocycles. The van der Waals surface area contributed by atoms with Gasteiger partial charge in [-0.25, -0.2) is 0 Å². The first-order valence-corrected chi connectivity index (χ1v) is 7.20. The molecule has 0 N–H and O–H groups in total. The number of hydrogen-bond donors (Lipinski definition) is 0. The molecule has 0 radical (unpaired) electrons. The Balaban J connectivity index is 2.07. The Labute approximate surface area is 128 Å². The molecule has 22 heavy (non-hydrogen) atoms. The molecule has 1 saturated heterocycles. The van der Waals surface area contributed by atoms with Gasteiger partial charge in [0.15, 0.2) is 0 Å². The Hall–Kier alpha value is -1.56. The van der Waals surface area contributed by atoms with E-state index in [2.05, 4.69) is 4.74 Å². The molecule has 0 aliphatic carbocycles. The van der Waals surface area contributed by atoms with Crippen LogP contribution >= 0.6 is 0 Å². The molecule has 1 amide bonds. The first-order chi connectivity index (χ1) is 10.1. The highest BCUT2D eigenvalue weighted by Crippen LogP contribution is 2.26. The molecule has 1 aliphatic rings. The van der Waals surface area contributed by atoms with Crippen LogP contribution in [0.5, 0.6) is 0 Å². The van der Waals surface area contributed by atoms with Crippen molar-refractivity contribution in [1.29, 1.82) is 0 Å². The van der Waals surface area contributed by atoms with Crippen molar-refractivity contribution in [2.24, 2.45) is 0 Å². The van der Waals surface area contributed by atoms with Crippen molar-refractivity contribution in [3.8, 4) is 0 Å². The van der Waals surface area contributed by atoms with Crippen LogP contribution in [0.4, 0.5) is 13.2 Å². The van der Waals surface area contributed by atoms with E-state index in [0.717, 1.165) is 5.56 Å². The normalized spacial score (nSPS) is 19.5. The van der Waals surface area contributed by atoms with E-state index in [0.29, 0.717) is 5.56 Å². The summed E-state index contributed by atoms with van der Waals surface area (Å²) in [5.74, 6) is -0.251. The van der Waals surface area contributed by atoms with Gasteiger partial charge in [0, 0.05) is 18.7 Å². The van der Waals surface area contributed by atoms with Crippen molar-refractivity contribution >= 4 is 5.91 Å². The van der Waals surface area contributed by atoms with Crippen LogP contribution in [0, 0.1) is 0 Å². The summed E-state index contributed by atoms with van der Waals surface area (Å²) in [5, 5.41) is 0. The van der Waals surface area contributed by atoms with E-state index in [4.69, 9.17) is 0 Å². The number of carbonyl (C=O) groups excluding carboxylic acids is 1. The second-order valence-electron chi connectivity index (χ2n) is 6.56. The molecule has 1 atom stereocenters. The monoisotopic (exact) mass is 315 g/mol. The Morgan fingerprint density at radius 3 is 2.55 bits per heavy atom. The molecule has 0 spiro atoms. The van der Waals surface area contributed by atoms with Gasteiger partial charge in [0.25, 0.3) is 5.91 Å². The van der Waals surface area contributed by atoms with E-state index in [9.17, 15) is 18.0 Å². The molecule has 0 bridgehead atoms. The van der Waals surface area contributed by atoms with Gasteiger partial charge in [-0.3, -0.25) is 9.53 Å². The van der Waals surface area contributed by atoms with Crippen molar-refractivity contribution in [3.05, 3.63) is 35.4 Å². The average molecular weight is 315 g/mol. The number of likely N-dealkylation sites (tertiary alicyclic amines) is 1. The highest BCUT2D eigenvalue weighted by Gasteiger charge is 2.37. The lowest BCUT2D eigenvalue weighted by atomic mass is 9.86. The molecule has 0 aromatic heterocycles. The van der Waals surface area contributed by atoms with Crippen LogP contribution < -0.4 is 0 Å². The van der Waals surface area contributed by atoms with E-state index in [1.54, 1.807) is 18.2 Å². The summed E-state index contributed by atoms with van der Waals surface area (Å²) in [7, 11) is 0. The maximum atomic E-state index is 12.4. The van der Waals surface area contributed by atoms with Crippen LogP contribution in [0.2, 0.25) is 0 Å². The number of amides is 1. The Morgan fingerprint density at radius 2 is 1.95 bits per heavy atom. The molecular formula is C16H20F3NO2. The minimum absolute atomic E-state index is 0.0297. The number of halogens is 3. The molecule has 1 fully saturated rings. The smallest absolute Gasteiger partial charge is 0.336 e. The van der Waals surface area contributed by atoms with E-state index in [1.807, 2.05) is 26.8 Å². The molecule has 6 heteroatoms. The largest absolute Gasteiger partial charge is 0.522 e. The van der Waals surface area contributed by atoms with Gasteiger partial charge < -0.3 is 4.90 Å². The number of nitrogens with zero attached hydrogens (tertiary/aromatic N) is 1. The molecule has 1 aromatic carbocycles. The number of benzene rings is 1. The van der Waals surface area contributed by atoms with Gasteiger partial charge in [0.05, 0.1) is 6.10 Å². The Bertz CT molecular complexity index is 549. The fourth-order valence-electron chi connectivity index (χ4n) is 2.50. The van der Waals surface area contributed by atoms with Crippen LogP contribution in [-0.4, -0.2) is 36.4 Å². The van der Waals surface area contributed by atoms with Crippen molar-refractivity contribution in [1.82, 2.24) is 4.90 Å².